The van der Waals surface area contributed by atoms with Gasteiger partial charge in [-0.15, -0.1) is 0 Å². The minimum absolute atomic E-state index is 0.0338. The number of hydrogen-bond donors (Lipinski definition) is 2. The highest BCUT2D eigenvalue weighted by Gasteiger charge is 2.14. The number of carbonyl (C=O) groups excluding carboxylic acids is 1. The molecular weight excluding hydrogens is 418 g/mol. The first kappa shape index (κ1) is 21.8. The van der Waals surface area contributed by atoms with Gasteiger partial charge in [0.25, 0.3) is 5.91 Å². The van der Waals surface area contributed by atoms with Crippen molar-refractivity contribution in [3.05, 3.63) is 83.9 Å². The zero-order chi connectivity index (χ0) is 23.2. The third-order valence-electron chi connectivity index (χ3n) is 5.05. The Labute approximate surface area is 191 Å². The van der Waals surface area contributed by atoms with Crippen molar-refractivity contribution in [1.29, 1.82) is 0 Å². The van der Waals surface area contributed by atoms with Crippen LogP contribution in [-0.4, -0.2) is 35.9 Å². The van der Waals surface area contributed by atoms with Crippen molar-refractivity contribution in [2.75, 3.05) is 13.7 Å². The number of fused-ring (bicyclic) bond motifs is 1. The molecule has 0 saturated carbocycles. The molecule has 4 rings (SSSR count). The SMILES string of the molecule is CCOc1cccc(/C=N\NC(=O)c2cc(-c3ccc(OC)cc3)nc3ccccc23)c1O. The molecule has 7 heteroatoms. The summed E-state index contributed by atoms with van der Waals surface area (Å²) in [4.78, 5) is 17.7. The number of nitrogens with one attached hydrogen (secondary N) is 1. The second-order valence-corrected chi connectivity index (χ2v) is 7.13. The van der Waals surface area contributed by atoms with Crippen molar-refractivity contribution >= 4 is 23.0 Å². The normalized spacial score (nSPS) is 11.0. The lowest BCUT2D eigenvalue weighted by atomic mass is 10.0. The number of rotatable bonds is 7. The molecule has 0 aliphatic rings. The average molecular weight is 441 g/mol. The number of phenols is 1. The van der Waals surface area contributed by atoms with Gasteiger partial charge in [-0.25, -0.2) is 10.4 Å². The number of pyridine rings is 1. The molecule has 0 spiro atoms. The molecule has 1 aromatic heterocycles. The Balaban J connectivity index is 1.64. The highest BCUT2D eigenvalue weighted by atomic mass is 16.5. The Kier molecular flexibility index (Phi) is 6.50. The number of carbonyl (C=O) groups is 1. The number of nitrogens with zero attached hydrogens (tertiary/aromatic N) is 2. The molecule has 33 heavy (non-hydrogen) atoms. The number of aromatic hydroxyl groups is 1. The van der Waals surface area contributed by atoms with Crippen molar-refractivity contribution in [2.45, 2.75) is 6.92 Å². The van der Waals surface area contributed by atoms with E-state index in [-0.39, 0.29) is 11.7 Å². The minimum atomic E-state index is -0.389. The molecule has 0 aliphatic carbocycles. The first-order valence-corrected chi connectivity index (χ1v) is 10.4. The van der Waals surface area contributed by atoms with Crippen LogP contribution in [0.3, 0.4) is 0 Å². The predicted molar refractivity (Wildman–Crippen MR) is 128 cm³/mol. The fraction of sp³-hybridized carbons (Fsp3) is 0.115. The molecule has 1 amide bonds. The molecule has 0 unspecified atom stereocenters. The zero-order valence-electron chi connectivity index (χ0n) is 18.3. The van der Waals surface area contributed by atoms with E-state index in [1.807, 2.05) is 55.5 Å². The van der Waals surface area contributed by atoms with E-state index in [9.17, 15) is 9.90 Å². The van der Waals surface area contributed by atoms with Crippen LogP contribution in [0.25, 0.3) is 22.2 Å². The zero-order valence-corrected chi connectivity index (χ0v) is 18.3. The summed E-state index contributed by atoms with van der Waals surface area (Å²) in [7, 11) is 1.61. The van der Waals surface area contributed by atoms with E-state index in [2.05, 4.69) is 10.5 Å². The molecule has 7 nitrogen and oxygen atoms in total. The summed E-state index contributed by atoms with van der Waals surface area (Å²) in [5.74, 6) is 0.675. The number of aromatic nitrogens is 1. The van der Waals surface area contributed by atoms with Crippen LogP contribution in [0.1, 0.15) is 22.8 Å². The van der Waals surface area contributed by atoms with Crippen molar-refractivity contribution < 1.29 is 19.4 Å². The van der Waals surface area contributed by atoms with Crippen molar-refractivity contribution in [3.63, 3.8) is 0 Å². The molecule has 0 atom stereocenters. The Hall–Kier alpha value is -4.39. The highest BCUT2D eigenvalue weighted by molar-refractivity contribution is 6.07. The molecule has 3 aromatic carbocycles. The standard InChI is InChI=1S/C26H23N3O4/c1-3-33-24-10-6-7-18(25(24)30)16-27-29-26(31)21-15-23(17-11-13-19(32-2)14-12-17)28-22-9-5-4-8-20(21)22/h4-16,30H,3H2,1-2H3,(H,29,31)/b27-16-. The van der Waals surface area contributed by atoms with Crippen LogP contribution >= 0.6 is 0 Å². The molecule has 0 radical (unpaired) electrons. The molecule has 0 fully saturated rings. The first-order chi connectivity index (χ1) is 16.1. The van der Waals surface area contributed by atoms with Gasteiger partial charge in [-0.05, 0) is 55.5 Å². The van der Waals surface area contributed by atoms with Crippen LogP contribution < -0.4 is 14.9 Å². The largest absolute Gasteiger partial charge is 0.504 e. The van der Waals surface area contributed by atoms with Crippen LogP contribution in [0.2, 0.25) is 0 Å². The Morgan fingerprint density at radius 2 is 1.88 bits per heavy atom. The van der Waals surface area contributed by atoms with Crippen LogP contribution in [-0.2, 0) is 0 Å². The second kappa shape index (κ2) is 9.82. The summed E-state index contributed by atoms with van der Waals surface area (Å²) in [5.41, 5.74) is 5.63. The molecule has 0 bridgehead atoms. The summed E-state index contributed by atoms with van der Waals surface area (Å²) in [6.07, 6.45) is 1.38. The minimum Gasteiger partial charge on any atom is -0.504 e. The van der Waals surface area contributed by atoms with Crippen LogP contribution in [0.5, 0.6) is 17.2 Å². The molecule has 0 saturated heterocycles. The summed E-state index contributed by atoms with van der Waals surface area (Å²) < 4.78 is 10.6. The van der Waals surface area contributed by atoms with E-state index in [0.29, 0.717) is 40.1 Å². The van der Waals surface area contributed by atoms with Gasteiger partial charge in [-0.1, -0.05) is 24.3 Å². The van der Waals surface area contributed by atoms with Gasteiger partial charge in [0, 0.05) is 16.5 Å². The van der Waals surface area contributed by atoms with Crippen LogP contribution in [0, 0.1) is 0 Å². The number of para-hydroxylation sites is 2. The fourth-order valence-electron chi connectivity index (χ4n) is 3.41. The quantitative estimate of drug-likeness (QED) is 0.318. The molecule has 4 aromatic rings. The van der Waals surface area contributed by atoms with Gasteiger partial charge in [-0.2, -0.15) is 5.10 Å². The molecular formula is C26H23N3O4. The van der Waals surface area contributed by atoms with Crippen LogP contribution in [0.4, 0.5) is 0 Å². The number of hydrazone groups is 1. The van der Waals surface area contributed by atoms with E-state index in [0.717, 1.165) is 11.3 Å². The van der Waals surface area contributed by atoms with E-state index in [4.69, 9.17) is 14.5 Å². The van der Waals surface area contributed by atoms with E-state index in [1.165, 1.54) is 6.21 Å². The van der Waals surface area contributed by atoms with E-state index in [1.54, 1.807) is 31.4 Å². The molecule has 2 N–H and O–H groups in total. The predicted octanol–water partition coefficient (Wildman–Crippen LogP) is 4.78. The third-order valence-corrected chi connectivity index (χ3v) is 5.05. The lowest BCUT2D eigenvalue weighted by Crippen LogP contribution is -2.18. The third kappa shape index (κ3) is 4.77. The molecule has 1 heterocycles. The van der Waals surface area contributed by atoms with Crippen molar-refractivity contribution in [3.8, 4) is 28.5 Å². The Morgan fingerprint density at radius 1 is 1.09 bits per heavy atom. The Bertz CT molecular complexity index is 1320. The maximum absolute atomic E-state index is 13.0. The second-order valence-electron chi connectivity index (χ2n) is 7.13. The summed E-state index contributed by atoms with van der Waals surface area (Å²) >= 11 is 0. The number of methoxy groups -OCH3 is 1. The molecule has 0 aliphatic heterocycles. The average Bonchev–Trinajstić information content (AvgIpc) is 2.85. The summed E-state index contributed by atoms with van der Waals surface area (Å²) in [5, 5.41) is 15.0. The van der Waals surface area contributed by atoms with Crippen molar-refractivity contribution in [1.82, 2.24) is 10.4 Å². The fourth-order valence-corrected chi connectivity index (χ4v) is 3.41. The summed E-state index contributed by atoms with van der Waals surface area (Å²) in [6, 6.07) is 21.7. The van der Waals surface area contributed by atoms with Gasteiger partial charge in [0.15, 0.2) is 11.5 Å². The lowest BCUT2D eigenvalue weighted by Gasteiger charge is -2.10. The topological polar surface area (TPSA) is 93.0 Å². The van der Waals surface area contributed by atoms with E-state index < -0.39 is 0 Å². The van der Waals surface area contributed by atoms with Gasteiger partial charge in [0.05, 0.1) is 36.7 Å². The van der Waals surface area contributed by atoms with Gasteiger partial charge in [0.2, 0.25) is 0 Å². The smallest absolute Gasteiger partial charge is 0.272 e. The first-order valence-electron chi connectivity index (χ1n) is 10.4. The number of amides is 1. The van der Waals surface area contributed by atoms with Crippen LogP contribution in [0.15, 0.2) is 77.9 Å². The Morgan fingerprint density at radius 3 is 2.64 bits per heavy atom. The summed E-state index contributed by atoms with van der Waals surface area (Å²) in [6.45, 7) is 2.26. The van der Waals surface area contributed by atoms with Gasteiger partial charge < -0.3 is 14.6 Å². The molecule has 166 valence electrons. The van der Waals surface area contributed by atoms with Gasteiger partial charge in [-0.3, -0.25) is 4.79 Å². The van der Waals surface area contributed by atoms with Crippen molar-refractivity contribution in [2.24, 2.45) is 5.10 Å². The maximum Gasteiger partial charge on any atom is 0.272 e. The maximum atomic E-state index is 13.0. The highest BCUT2D eigenvalue weighted by Crippen LogP contribution is 2.29. The lowest BCUT2D eigenvalue weighted by molar-refractivity contribution is 0.0956. The van der Waals surface area contributed by atoms with Gasteiger partial charge >= 0.3 is 0 Å². The monoisotopic (exact) mass is 441 g/mol. The van der Waals surface area contributed by atoms with Gasteiger partial charge in [0.1, 0.15) is 5.75 Å². The number of phenolic OH excluding ortho intramolecular Hbond substituents is 1. The van der Waals surface area contributed by atoms with E-state index >= 15 is 0 Å². The number of hydrogen-bond acceptors (Lipinski definition) is 6. The number of ether oxygens (including phenoxy) is 2. The number of benzene rings is 3.